The molecule has 0 bridgehead atoms. The van der Waals surface area contributed by atoms with Gasteiger partial charge in [-0.3, -0.25) is 4.79 Å². The first-order chi connectivity index (χ1) is 8.81. The highest BCUT2D eigenvalue weighted by molar-refractivity contribution is 5.89. The molecular weight excluding hydrogens is 228 g/mol. The van der Waals surface area contributed by atoms with Crippen LogP contribution in [0.25, 0.3) is 0 Å². The van der Waals surface area contributed by atoms with Crippen LogP contribution in [0.2, 0.25) is 0 Å². The second-order valence-electron chi connectivity index (χ2n) is 5.00. The molecule has 1 saturated carbocycles. The first-order valence-corrected chi connectivity index (χ1v) is 6.66. The molecule has 3 atom stereocenters. The molecule has 3 rings (SSSR count). The van der Waals surface area contributed by atoms with Gasteiger partial charge in [0.05, 0.1) is 12.7 Å². The molecule has 2 fully saturated rings. The third kappa shape index (κ3) is 1.50. The van der Waals surface area contributed by atoms with Crippen molar-refractivity contribution in [3.63, 3.8) is 0 Å². The summed E-state index contributed by atoms with van der Waals surface area (Å²) in [5, 5.41) is 0. The van der Waals surface area contributed by atoms with Crippen LogP contribution in [0, 0.1) is 5.92 Å². The molecule has 1 aromatic rings. The third-order valence-corrected chi connectivity index (χ3v) is 4.11. The quantitative estimate of drug-likeness (QED) is 0.768. The van der Waals surface area contributed by atoms with E-state index in [0.29, 0.717) is 12.5 Å². The summed E-state index contributed by atoms with van der Waals surface area (Å²) in [5.74, 6) is 0.181. The highest BCUT2D eigenvalue weighted by atomic mass is 16.5. The number of hydrogen-bond acceptors (Lipinski definition) is 3. The van der Waals surface area contributed by atoms with Gasteiger partial charge < -0.3 is 9.47 Å². The third-order valence-electron chi connectivity index (χ3n) is 4.11. The highest BCUT2D eigenvalue weighted by Gasteiger charge is 2.73. The summed E-state index contributed by atoms with van der Waals surface area (Å²) in [5.41, 5.74) is 0.508. The van der Waals surface area contributed by atoms with Crippen LogP contribution < -0.4 is 0 Å². The van der Waals surface area contributed by atoms with Crippen molar-refractivity contribution >= 4 is 5.97 Å². The molecule has 0 spiro atoms. The van der Waals surface area contributed by atoms with Crippen molar-refractivity contribution in [2.45, 2.75) is 31.3 Å². The predicted octanol–water partition coefficient (Wildman–Crippen LogP) is 2.30. The van der Waals surface area contributed by atoms with Crippen LogP contribution in [0.1, 0.15) is 25.3 Å². The minimum atomic E-state index is -0.534. The molecule has 2 aliphatic rings. The van der Waals surface area contributed by atoms with E-state index >= 15 is 0 Å². The Bertz CT molecular complexity index is 428. The van der Waals surface area contributed by atoms with E-state index in [4.69, 9.17) is 9.47 Å². The van der Waals surface area contributed by atoms with Crippen molar-refractivity contribution < 1.29 is 14.3 Å². The van der Waals surface area contributed by atoms with Gasteiger partial charge in [0, 0.05) is 12.5 Å². The first-order valence-electron chi connectivity index (χ1n) is 6.66. The second kappa shape index (κ2) is 4.39. The van der Waals surface area contributed by atoms with Crippen molar-refractivity contribution in [2.24, 2.45) is 5.92 Å². The summed E-state index contributed by atoms with van der Waals surface area (Å²) >= 11 is 0. The average molecular weight is 246 g/mol. The van der Waals surface area contributed by atoms with Crippen LogP contribution in [-0.2, 0) is 19.7 Å². The minimum Gasteiger partial charge on any atom is -0.465 e. The number of ether oxygens (including phenoxy) is 2. The van der Waals surface area contributed by atoms with E-state index in [0.717, 1.165) is 25.0 Å². The lowest BCUT2D eigenvalue weighted by Crippen LogP contribution is -2.28. The Kier molecular flexibility index (Phi) is 2.86. The maximum Gasteiger partial charge on any atom is 0.319 e. The first kappa shape index (κ1) is 11.7. The lowest BCUT2D eigenvalue weighted by molar-refractivity contribution is -0.147. The van der Waals surface area contributed by atoms with Crippen LogP contribution in [0.5, 0.6) is 0 Å². The fourth-order valence-electron chi connectivity index (χ4n) is 3.29. The number of rotatable bonds is 3. The van der Waals surface area contributed by atoms with Gasteiger partial charge in [0.25, 0.3) is 0 Å². The summed E-state index contributed by atoms with van der Waals surface area (Å²) in [7, 11) is 0. The molecule has 0 radical (unpaired) electrons. The molecule has 1 aromatic carbocycles. The van der Waals surface area contributed by atoms with Gasteiger partial charge >= 0.3 is 5.97 Å². The molecule has 0 aromatic heterocycles. The van der Waals surface area contributed by atoms with E-state index in [2.05, 4.69) is 0 Å². The van der Waals surface area contributed by atoms with Gasteiger partial charge in [-0.1, -0.05) is 30.3 Å². The largest absolute Gasteiger partial charge is 0.465 e. The van der Waals surface area contributed by atoms with Crippen LogP contribution in [0.3, 0.4) is 0 Å². The molecule has 1 aliphatic heterocycles. The number of esters is 1. The van der Waals surface area contributed by atoms with Crippen LogP contribution >= 0.6 is 0 Å². The summed E-state index contributed by atoms with van der Waals surface area (Å²) in [6.07, 6.45) is 2.11. The van der Waals surface area contributed by atoms with Crippen molar-refractivity contribution in [3.05, 3.63) is 35.9 Å². The van der Waals surface area contributed by atoms with Crippen molar-refractivity contribution in [3.8, 4) is 0 Å². The summed E-state index contributed by atoms with van der Waals surface area (Å²) in [4.78, 5) is 12.4. The van der Waals surface area contributed by atoms with Crippen molar-refractivity contribution in [1.82, 2.24) is 0 Å². The maximum absolute atomic E-state index is 12.4. The normalized spacial score (nSPS) is 33.6. The number of fused-ring (bicyclic) bond motifs is 1. The van der Waals surface area contributed by atoms with E-state index in [1.807, 2.05) is 37.3 Å². The maximum atomic E-state index is 12.4. The lowest BCUT2D eigenvalue weighted by Gasteiger charge is -2.16. The zero-order valence-corrected chi connectivity index (χ0v) is 10.6. The molecule has 96 valence electrons. The zero-order valence-electron chi connectivity index (χ0n) is 10.6. The van der Waals surface area contributed by atoms with Gasteiger partial charge in [-0.25, -0.2) is 0 Å². The molecule has 3 heteroatoms. The Morgan fingerprint density at radius 3 is 2.83 bits per heavy atom. The molecule has 1 heterocycles. The number of carbonyl (C=O) groups excluding carboxylic acids is 1. The van der Waals surface area contributed by atoms with Gasteiger partial charge in [0.15, 0.2) is 0 Å². The van der Waals surface area contributed by atoms with E-state index in [9.17, 15) is 4.79 Å². The lowest BCUT2D eigenvalue weighted by atomic mass is 9.92. The topological polar surface area (TPSA) is 35.5 Å². The van der Waals surface area contributed by atoms with Gasteiger partial charge in [-0.15, -0.1) is 0 Å². The van der Waals surface area contributed by atoms with Gasteiger partial charge in [0.1, 0.15) is 5.41 Å². The Labute approximate surface area is 107 Å². The molecule has 3 nitrogen and oxygen atoms in total. The Hall–Kier alpha value is -1.35. The van der Waals surface area contributed by atoms with Crippen LogP contribution in [0.4, 0.5) is 0 Å². The standard InChI is InChI=1S/C15H18O3/c1-2-17-14(16)15(11-7-4-3-5-8-11)12-9-6-10-18-13(12)15/h3-5,7-8,12-13H,2,6,9-10H2,1H3/t12?,13-,15-/m1/s1. The highest BCUT2D eigenvalue weighted by Crippen LogP contribution is 2.60. The molecule has 1 unspecified atom stereocenters. The van der Waals surface area contributed by atoms with Crippen molar-refractivity contribution in [2.75, 3.05) is 13.2 Å². The van der Waals surface area contributed by atoms with E-state index in [1.165, 1.54) is 0 Å². The summed E-state index contributed by atoms with van der Waals surface area (Å²) in [6, 6.07) is 9.94. The van der Waals surface area contributed by atoms with E-state index in [1.54, 1.807) is 0 Å². The molecule has 0 N–H and O–H groups in total. The SMILES string of the molecule is CCOC(=O)[C@]1(c2ccccc2)C2CCCO[C@H]21. The zero-order chi connectivity index (χ0) is 12.6. The molecule has 18 heavy (non-hydrogen) atoms. The smallest absolute Gasteiger partial charge is 0.319 e. The second-order valence-corrected chi connectivity index (χ2v) is 5.00. The van der Waals surface area contributed by atoms with E-state index < -0.39 is 5.41 Å². The average Bonchev–Trinajstić information content (AvgIpc) is 3.10. The Morgan fingerprint density at radius 1 is 1.44 bits per heavy atom. The molecule has 0 amide bonds. The Balaban J connectivity index is 1.98. The van der Waals surface area contributed by atoms with Gasteiger partial charge in [0.2, 0.25) is 0 Å². The van der Waals surface area contributed by atoms with Crippen LogP contribution in [0.15, 0.2) is 30.3 Å². The van der Waals surface area contributed by atoms with Crippen LogP contribution in [-0.4, -0.2) is 25.3 Å². The molecular formula is C15H18O3. The minimum absolute atomic E-state index is 0.0210. The van der Waals surface area contributed by atoms with E-state index in [-0.39, 0.29) is 12.1 Å². The number of hydrogen-bond donors (Lipinski definition) is 0. The fraction of sp³-hybridized carbons (Fsp3) is 0.533. The summed E-state index contributed by atoms with van der Waals surface area (Å²) in [6.45, 7) is 3.03. The van der Waals surface area contributed by atoms with Gasteiger partial charge in [-0.2, -0.15) is 0 Å². The van der Waals surface area contributed by atoms with Gasteiger partial charge in [-0.05, 0) is 25.3 Å². The number of benzene rings is 1. The summed E-state index contributed by atoms with van der Waals surface area (Å²) < 4.78 is 11.1. The molecule has 1 saturated heterocycles. The Morgan fingerprint density at radius 2 is 2.22 bits per heavy atom. The monoisotopic (exact) mass is 246 g/mol. The van der Waals surface area contributed by atoms with Crippen molar-refractivity contribution in [1.29, 1.82) is 0 Å². The molecule has 1 aliphatic carbocycles. The number of carbonyl (C=O) groups is 1. The predicted molar refractivity (Wildman–Crippen MR) is 67.2 cm³/mol. The fourth-order valence-corrected chi connectivity index (χ4v) is 3.29.